The fourth-order valence-electron chi connectivity index (χ4n) is 2.15. The van der Waals surface area contributed by atoms with Gasteiger partial charge in [-0.3, -0.25) is 0 Å². The number of rotatable bonds is 13. The lowest BCUT2D eigenvalue weighted by atomic mass is 10.1. The van der Waals surface area contributed by atoms with Crippen molar-refractivity contribution in [1.82, 2.24) is 9.80 Å². The molecule has 0 N–H and O–H groups in total. The van der Waals surface area contributed by atoms with E-state index in [1.165, 1.54) is 71.0 Å². The number of thiol groups is 1. The molecule has 0 saturated heterocycles. The first kappa shape index (κ1) is 18.3. The highest BCUT2D eigenvalue weighted by molar-refractivity contribution is 7.80. The molecule has 0 aromatic rings. The molecule has 0 aromatic carbocycles. The van der Waals surface area contributed by atoms with Gasteiger partial charge in [0.15, 0.2) is 0 Å². The third-order valence-electron chi connectivity index (χ3n) is 3.34. The minimum absolute atomic E-state index is 1.05. The van der Waals surface area contributed by atoms with Crippen molar-refractivity contribution in [2.24, 2.45) is 0 Å². The van der Waals surface area contributed by atoms with Gasteiger partial charge >= 0.3 is 0 Å². The number of nitrogens with zero attached hydrogens (tertiary/aromatic N) is 2. The van der Waals surface area contributed by atoms with Gasteiger partial charge in [-0.25, -0.2) is 0 Å². The molecule has 110 valence electrons. The summed E-state index contributed by atoms with van der Waals surface area (Å²) in [5, 5.41) is 0. The molecule has 0 heterocycles. The zero-order valence-corrected chi connectivity index (χ0v) is 13.7. The fraction of sp³-hybridized carbons (Fsp3) is 1.00. The van der Waals surface area contributed by atoms with E-state index >= 15 is 0 Å². The molecule has 0 radical (unpaired) electrons. The summed E-state index contributed by atoms with van der Waals surface area (Å²) in [6.45, 7) is 3.71. The average Bonchev–Trinajstić information content (AvgIpc) is 2.32. The van der Waals surface area contributed by atoms with Gasteiger partial charge < -0.3 is 9.80 Å². The molecule has 0 saturated carbocycles. The number of hydrogen-bond acceptors (Lipinski definition) is 3. The second-order valence-electron chi connectivity index (χ2n) is 5.66. The van der Waals surface area contributed by atoms with Crippen LogP contribution in [0.15, 0.2) is 0 Å². The van der Waals surface area contributed by atoms with E-state index in [1.54, 1.807) is 0 Å². The summed E-state index contributed by atoms with van der Waals surface area (Å²) in [6.07, 6.45) is 10.9. The molecule has 0 aliphatic rings. The van der Waals surface area contributed by atoms with Gasteiger partial charge in [-0.1, -0.05) is 32.1 Å². The van der Waals surface area contributed by atoms with Crippen LogP contribution in [0.4, 0.5) is 0 Å². The predicted octanol–water partition coefficient (Wildman–Crippen LogP) is 3.53. The van der Waals surface area contributed by atoms with Gasteiger partial charge in [-0.2, -0.15) is 12.6 Å². The first-order valence-corrected chi connectivity index (χ1v) is 8.24. The van der Waals surface area contributed by atoms with Crippen LogP contribution in [0.3, 0.4) is 0 Å². The van der Waals surface area contributed by atoms with Crippen molar-refractivity contribution in [3.63, 3.8) is 0 Å². The third kappa shape index (κ3) is 14.3. The van der Waals surface area contributed by atoms with Crippen molar-refractivity contribution in [3.05, 3.63) is 0 Å². The molecule has 0 unspecified atom stereocenters. The molecule has 0 atom stereocenters. The molecular formula is C15H34N2S. The highest BCUT2D eigenvalue weighted by atomic mass is 32.1. The summed E-state index contributed by atoms with van der Waals surface area (Å²) in [7, 11) is 6.55. The molecule has 0 aliphatic heterocycles. The van der Waals surface area contributed by atoms with E-state index in [-0.39, 0.29) is 0 Å². The minimum atomic E-state index is 1.05. The maximum atomic E-state index is 4.23. The Balaban J connectivity index is 3.12. The van der Waals surface area contributed by atoms with E-state index in [2.05, 4.69) is 43.6 Å². The van der Waals surface area contributed by atoms with Crippen LogP contribution in [0.1, 0.15) is 51.4 Å². The molecule has 0 amide bonds. The molecule has 3 heteroatoms. The van der Waals surface area contributed by atoms with Gasteiger partial charge in [0.25, 0.3) is 0 Å². The zero-order chi connectivity index (χ0) is 13.6. The van der Waals surface area contributed by atoms with Gasteiger partial charge in [0.05, 0.1) is 0 Å². The van der Waals surface area contributed by atoms with E-state index in [4.69, 9.17) is 0 Å². The minimum Gasteiger partial charge on any atom is -0.309 e. The Morgan fingerprint density at radius 3 is 1.67 bits per heavy atom. The monoisotopic (exact) mass is 274 g/mol. The molecule has 18 heavy (non-hydrogen) atoms. The van der Waals surface area contributed by atoms with Crippen LogP contribution in [0.25, 0.3) is 0 Å². The topological polar surface area (TPSA) is 6.48 Å². The van der Waals surface area contributed by atoms with Crippen LogP contribution in [-0.4, -0.2) is 56.3 Å². The van der Waals surface area contributed by atoms with Crippen molar-refractivity contribution < 1.29 is 0 Å². The SMILES string of the molecule is CN(C)CCCN(C)CCCCCCCCCS. The molecule has 0 fully saturated rings. The van der Waals surface area contributed by atoms with Gasteiger partial charge in [-0.15, -0.1) is 0 Å². The molecule has 0 aromatic heterocycles. The van der Waals surface area contributed by atoms with Gasteiger partial charge in [-0.05, 0) is 65.8 Å². The Hall–Kier alpha value is 0.270. The van der Waals surface area contributed by atoms with Gasteiger partial charge in [0.2, 0.25) is 0 Å². The van der Waals surface area contributed by atoms with E-state index in [1.807, 2.05) is 0 Å². The Kier molecular flexibility index (Phi) is 13.9. The second-order valence-corrected chi connectivity index (χ2v) is 6.11. The third-order valence-corrected chi connectivity index (χ3v) is 3.66. The van der Waals surface area contributed by atoms with Crippen molar-refractivity contribution in [3.8, 4) is 0 Å². The van der Waals surface area contributed by atoms with Crippen LogP contribution < -0.4 is 0 Å². The largest absolute Gasteiger partial charge is 0.309 e. The predicted molar refractivity (Wildman–Crippen MR) is 86.8 cm³/mol. The Labute approximate surface area is 121 Å². The van der Waals surface area contributed by atoms with E-state index in [0.717, 1.165) is 5.75 Å². The molecular weight excluding hydrogens is 240 g/mol. The van der Waals surface area contributed by atoms with E-state index in [9.17, 15) is 0 Å². The maximum Gasteiger partial charge on any atom is -0.000960 e. The van der Waals surface area contributed by atoms with Crippen LogP contribution in [0.5, 0.6) is 0 Å². The average molecular weight is 275 g/mol. The normalized spacial score (nSPS) is 11.7. The first-order chi connectivity index (χ1) is 8.66. The molecule has 0 rings (SSSR count). The van der Waals surface area contributed by atoms with Crippen LogP contribution in [0.2, 0.25) is 0 Å². The smallest absolute Gasteiger partial charge is 0.000960 e. The summed E-state index contributed by atoms with van der Waals surface area (Å²) >= 11 is 4.23. The molecule has 2 nitrogen and oxygen atoms in total. The first-order valence-electron chi connectivity index (χ1n) is 7.61. The summed E-state index contributed by atoms with van der Waals surface area (Å²) in [5.74, 6) is 1.05. The number of hydrogen-bond donors (Lipinski definition) is 1. The van der Waals surface area contributed by atoms with E-state index in [0.29, 0.717) is 0 Å². The lowest BCUT2D eigenvalue weighted by Gasteiger charge is -2.17. The summed E-state index contributed by atoms with van der Waals surface area (Å²) in [6, 6.07) is 0. The zero-order valence-electron chi connectivity index (χ0n) is 12.8. The van der Waals surface area contributed by atoms with Crippen molar-refractivity contribution in [2.75, 3.05) is 46.5 Å². The Morgan fingerprint density at radius 2 is 1.11 bits per heavy atom. The van der Waals surface area contributed by atoms with Crippen LogP contribution in [0, 0.1) is 0 Å². The van der Waals surface area contributed by atoms with Crippen LogP contribution in [-0.2, 0) is 0 Å². The summed E-state index contributed by atoms with van der Waals surface area (Å²) in [4.78, 5) is 4.74. The standard InChI is InChI=1S/C15H34N2S/c1-16(2)12-11-14-17(3)13-9-7-5-4-6-8-10-15-18/h18H,4-15H2,1-3H3. The van der Waals surface area contributed by atoms with Crippen molar-refractivity contribution in [2.45, 2.75) is 51.4 Å². The fourth-order valence-corrected chi connectivity index (χ4v) is 2.37. The van der Waals surface area contributed by atoms with Crippen LogP contribution >= 0.6 is 12.6 Å². The Morgan fingerprint density at radius 1 is 0.611 bits per heavy atom. The highest BCUT2D eigenvalue weighted by Crippen LogP contribution is 2.08. The lowest BCUT2D eigenvalue weighted by Crippen LogP contribution is -2.24. The van der Waals surface area contributed by atoms with Crippen molar-refractivity contribution >= 4 is 12.6 Å². The quantitative estimate of drug-likeness (QED) is 0.405. The highest BCUT2D eigenvalue weighted by Gasteiger charge is 1.99. The molecule has 0 spiro atoms. The Bertz CT molecular complexity index is 163. The van der Waals surface area contributed by atoms with Gasteiger partial charge in [0, 0.05) is 0 Å². The second kappa shape index (κ2) is 13.7. The lowest BCUT2D eigenvalue weighted by molar-refractivity contribution is 0.294. The number of unbranched alkanes of at least 4 members (excludes halogenated alkanes) is 6. The maximum absolute atomic E-state index is 4.23. The molecule has 0 aliphatic carbocycles. The van der Waals surface area contributed by atoms with E-state index < -0.39 is 0 Å². The summed E-state index contributed by atoms with van der Waals surface area (Å²) in [5.41, 5.74) is 0. The van der Waals surface area contributed by atoms with Crippen molar-refractivity contribution in [1.29, 1.82) is 0 Å². The van der Waals surface area contributed by atoms with Gasteiger partial charge in [0.1, 0.15) is 0 Å². The molecule has 0 bridgehead atoms. The summed E-state index contributed by atoms with van der Waals surface area (Å²) < 4.78 is 0.